The first-order chi connectivity index (χ1) is 8.76. The third-order valence-corrected chi connectivity index (χ3v) is 3.23. The molecule has 5 heteroatoms. The van der Waals surface area contributed by atoms with Gasteiger partial charge in [0.25, 0.3) is 5.91 Å². The van der Waals surface area contributed by atoms with Gasteiger partial charge in [-0.1, -0.05) is 6.92 Å². The van der Waals surface area contributed by atoms with Gasteiger partial charge in [-0.05, 0) is 18.6 Å². The molecule has 1 aliphatic heterocycles. The first-order valence-electron chi connectivity index (χ1n) is 6.28. The highest BCUT2D eigenvalue weighted by Crippen LogP contribution is 2.15. The normalized spacial score (nSPS) is 19.7. The van der Waals surface area contributed by atoms with Crippen LogP contribution in [0.5, 0.6) is 0 Å². The van der Waals surface area contributed by atoms with Crippen molar-refractivity contribution in [3.8, 4) is 0 Å². The van der Waals surface area contributed by atoms with E-state index < -0.39 is 0 Å². The Balaban J connectivity index is 2.13. The fourth-order valence-corrected chi connectivity index (χ4v) is 2.09. The highest BCUT2D eigenvalue weighted by Gasteiger charge is 2.26. The summed E-state index contributed by atoms with van der Waals surface area (Å²) >= 11 is 0. The van der Waals surface area contributed by atoms with Crippen LogP contribution in [0.4, 0.5) is 5.82 Å². The largest absolute Gasteiger partial charge is 0.377 e. The number of hydrogen-bond donors (Lipinski definition) is 1. The van der Waals surface area contributed by atoms with E-state index in [4.69, 9.17) is 4.74 Å². The van der Waals surface area contributed by atoms with Gasteiger partial charge in [0.15, 0.2) is 0 Å². The topological polar surface area (TPSA) is 54.5 Å². The van der Waals surface area contributed by atoms with Gasteiger partial charge in [0.05, 0.1) is 24.8 Å². The molecule has 0 radical (unpaired) electrons. The minimum absolute atomic E-state index is 0.0419. The van der Waals surface area contributed by atoms with Crippen LogP contribution in [0.3, 0.4) is 0 Å². The summed E-state index contributed by atoms with van der Waals surface area (Å²) in [6.45, 7) is 3.97. The lowest BCUT2D eigenvalue weighted by atomic mass is 10.1. The van der Waals surface area contributed by atoms with Crippen molar-refractivity contribution in [2.75, 3.05) is 32.1 Å². The lowest BCUT2D eigenvalue weighted by Gasteiger charge is -2.35. The zero-order chi connectivity index (χ0) is 13.0. The Labute approximate surface area is 107 Å². The van der Waals surface area contributed by atoms with Gasteiger partial charge in [0.2, 0.25) is 0 Å². The molecule has 1 unspecified atom stereocenters. The second kappa shape index (κ2) is 5.82. The van der Waals surface area contributed by atoms with Crippen molar-refractivity contribution in [3.05, 3.63) is 23.9 Å². The van der Waals surface area contributed by atoms with E-state index >= 15 is 0 Å². The van der Waals surface area contributed by atoms with Crippen LogP contribution in [0.25, 0.3) is 0 Å². The van der Waals surface area contributed by atoms with Gasteiger partial charge in [0, 0.05) is 19.8 Å². The summed E-state index contributed by atoms with van der Waals surface area (Å²) in [5, 5.41) is 2.94. The van der Waals surface area contributed by atoms with Gasteiger partial charge in [-0.2, -0.15) is 0 Å². The maximum atomic E-state index is 12.4. The number of anilines is 1. The first-order valence-corrected chi connectivity index (χ1v) is 6.28. The van der Waals surface area contributed by atoms with Crippen LogP contribution in [-0.4, -0.2) is 48.6 Å². The second-order valence-corrected chi connectivity index (χ2v) is 4.32. The molecule has 0 aromatic carbocycles. The van der Waals surface area contributed by atoms with Crippen molar-refractivity contribution in [1.82, 2.24) is 9.88 Å². The summed E-state index contributed by atoms with van der Waals surface area (Å²) in [5.41, 5.74) is 0.634. The zero-order valence-electron chi connectivity index (χ0n) is 10.8. The summed E-state index contributed by atoms with van der Waals surface area (Å²) in [6, 6.07) is 3.80. The number of aromatic nitrogens is 1. The van der Waals surface area contributed by atoms with Crippen molar-refractivity contribution < 1.29 is 9.53 Å². The van der Waals surface area contributed by atoms with Gasteiger partial charge in [-0.15, -0.1) is 0 Å². The molecule has 1 amide bonds. The Kier molecular flexibility index (Phi) is 4.15. The van der Waals surface area contributed by atoms with Crippen LogP contribution in [-0.2, 0) is 4.74 Å². The maximum Gasteiger partial charge on any atom is 0.255 e. The molecule has 0 spiro atoms. The van der Waals surface area contributed by atoms with Gasteiger partial charge < -0.3 is 15.0 Å². The number of hydrogen-bond acceptors (Lipinski definition) is 4. The monoisotopic (exact) mass is 249 g/mol. The quantitative estimate of drug-likeness (QED) is 0.879. The Morgan fingerprint density at radius 3 is 3.06 bits per heavy atom. The molecule has 1 saturated heterocycles. The minimum atomic E-state index is 0.0419. The third-order valence-electron chi connectivity index (χ3n) is 3.23. The Bertz CT molecular complexity index is 405. The number of morpholine rings is 1. The standard InChI is InChI=1S/C13H19N3O2/c1-3-11-9-18-7-6-16(11)13(17)10-4-5-12(14-2)15-8-10/h4-5,8,11H,3,6-7,9H2,1-2H3,(H,14,15). The summed E-state index contributed by atoms with van der Waals surface area (Å²) in [6.07, 6.45) is 2.53. The zero-order valence-corrected chi connectivity index (χ0v) is 10.8. The molecule has 0 bridgehead atoms. The lowest BCUT2D eigenvalue weighted by Crippen LogP contribution is -2.48. The molecule has 5 nitrogen and oxygen atoms in total. The second-order valence-electron chi connectivity index (χ2n) is 4.32. The smallest absolute Gasteiger partial charge is 0.255 e. The highest BCUT2D eigenvalue weighted by molar-refractivity contribution is 5.94. The summed E-state index contributed by atoms with van der Waals surface area (Å²) in [4.78, 5) is 18.4. The van der Waals surface area contributed by atoms with Gasteiger partial charge in [-0.25, -0.2) is 4.98 Å². The fourth-order valence-electron chi connectivity index (χ4n) is 2.09. The van der Waals surface area contributed by atoms with E-state index in [1.54, 1.807) is 13.2 Å². The number of carbonyl (C=O) groups is 1. The molecule has 1 aliphatic rings. The maximum absolute atomic E-state index is 12.4. The molecular formula is C13H19N3O2. The lowest BCUT2D eigenvalue weighted by molar-refractivity contribution is -0.00281. The average molecular weight is 249 g/mol. The van der Waals surface area contributed by atoms with Crippen molar-refractivity contribution in [1.29, 1.82) is 0 Å². The highest BCUT2D eigenvalue weighted by atomic mass is 16.5. The SMILES string of the molecule is CCC1COCCN1C(=O)c1ccc(NC)nc1. The van der Waals surface area contributed by atoms with Crippen LogP contribution in [0.15, 0.2) is 18.3 Å². The van der Waals surface area contributed by atoms with Gasteiger partial charge in [0.1, 0.15) is 5.82 Å². The van der Waals surface area contributed by atoms with Crippen LogP contribution in [0, 0.1) is 0 Å². The summed E-state index contributed by atoms with van der Waals surface area (Å²) in [5.74, 6) is 0.806. The molecule has 1 fully saturated rings. The summed E-state index contributed by atoms with van der Waals surface area (Å²) in [7, 11) is 1.80. The molecule has 18 heavy (non-hydrogen) atoms. The fraction of sp³-hybridized carbons (Fsp3) is 0.538. The Morgan fingerprint density at radius 2 is 2.44 bits per heavy atom. The number of amides is 1. The molecule has 98 valence electrons. The molecule has 1 atom stereocenters. The van der Waals surface area contributed by atoms with Gasteiger partial charge >= 0.3 is 0 Å². The predicted octanol–water partition coefficient (Wildman–Crippen LogP) is 1.37. The number of nitrogens with zero attached hydrogens (tertiary/aromatic N) is 2. The van der Waals surface area contributed by atoms with Gasteiger partial charge in [-0.3, -0.25) is 4.79 Å². The van der Waals surface area contributed by atoms with Crippen molar-refractivity contribution in [3.63, 3.8) is 0 Å². The number of rotatable bonds is 3. The van der Waals surface area contributed by atoms with E-state index in [2.05, 4.69) is 17.2 Å². The van der Waals surface area contributed by atoms with Crippen LogP contribution in [0.1, 0.15) is 23.7 Å². The first kappa shape index (κ1) is 12.8. The molecule has 1 N–H and O–H groups in total. The van der Waals surface area contributed by atoms with Crippen molar-refractivity contribution >= 4 is 11.7 Å². The predicted molar refractivity (Wildman–Crippen MR) is 69.7 cm³/mol. The Hall–Kier alpha value is -1.62. The van der Waals surface area contributed by atoms with E-state index in [0.717, 1.165) is 12.2 Å². The molecule has 2 heterocycles. The molecule has 0 aliphatic carbocycles. The van der Waals surface area contributed by atoms with E-state index in [0.29, 0.717) is 25.3 Å². The number of pyridine rings is 1. The Morgan fingerprint density at radius 1 is 1.61 bits per heavy atom. The van der Waals surface area contributed by atoms with E-state index in [9.17, 15) is 4.79 Å². The van der Waals surface area contributed by atoms with Crippen LogP contribution >= 0.6 is 0 Å². The van der Waals surface area contributed by atoms with E-state index in [-0.39, 0.29) is 11.9 Å². The van der Waals surface area contributed by atoms with E-state index in [1.807, 2.05) is 17.0 Å². The number of nitrogens with one attached hydrogen (secondary N) is 1. The number of ether oxygens (including phenoxy) is 1. The van der Waals surface area contributed by atoms with Crippen molar-refractivity contribution in [2.24, 2.45) is 0 Å². The molecule has 2 rings (SSSR count). The van der Waals surface area contributed by atoms with Crippen LogP contribution < -0.4 is 5.32 Å². The van der Waals surface area contributed by atoms with Crippen LogP contribution in [0.2, 0.25) is 0 Å². The van der Waals surface area contributed by atoms with E-state index in [1.165, 1.54) is 0 Å². The average Bonchev–Trinajstić information content (AvgIpc) is 2.46. The third kappa shape index (κ3) is 2.61. The molecule has 0 saturated carbocycles. The molecular weight excluding hydrogens is 230 g/mol. The van der Waals surface area contributed by atoms with Crippen molar-refractivity contribution in [2.45, 2.75) is 19.4 Å². The molecule has 1 aromatic heterocycles. The number of carbonyl (C=O) groups excluding carboxylic acids is 1. The minimum Gasteiger partial charge on any atom is -0.377 e. The summed E-state index contributed by atoms with van der Waals surface area (Å²) < 4.78 is 5.41. The molecule has 1 aromatic rings.